The maximum absolute atomic E-state index is 11.3. The SMILES string of the molecule is CCC1(CNc2c([N+](=O)[O-])cnc3ccccc23)CCC1. The number of para-hydroxylation sites is 1. The quantitative estimate of drug-likeness (QED) is 0.662. The van der Waals surface area contributed by atoms with Gasteiger partial charge in [0.2, 0.25) is 0 Å². The van der Waals surface area contributed by atoms with Crippen molar-refractivity contribution in [2.45, 2.75) is 32.6 Å². The normalized spacial score (nSPS) is 16.4. The Balaban J connectivity index is 1.98. The summed E-state index contributed by atoms with van der Waals surface area (Å²) in [6.45, 7) is 2.98. The second-order valence-corrected chi connectivity index (χ2v) is 5.85. The number of fused-ring (bicyclic) bond motifs is 1. The Morgan fingerprint density at radius 1 is 1.38 bits per heavy atom. The fourth-order valence-corrected chi connectivity index (χ4v) is 3.06. The zero-order valence-electron chi connectivity index (χ0n) is 12.1. The molecule has 1 saturated carbocycles. The van der Waals surface area contributed by atoms with E-state index >= 15 is 0 Å². The van der Waals surface area contributed by atoms with Crippen LogP contribution in [0.4, 0.5) is 11.4 Å². The lowest BCUT2D eigenvalue weighted by Gasteiger charge is -2.41. The van der Waals surface area contributed by atoms with Crippen molar-refractivity contribution in [2.75, 3.05) is 11.9 Å². The van der Waals surface area contributed by atoms with Gasteiger partial charge < -0.3 is 5.32 Å². The summed E-state index contributed by atoms with van der Waals surface area (Å²) >= 11 is 0. The molecule has 1 aliphatic carbocycles. The van der Waals surface area contributed by atoms with Crippen molar-refractivity contribution in [3.8, 4) is 0 Å². The molecule has 1 aliphatic rings. The third-order valence-electron chi connectivity index (χ3n) is 4.76. The molecule has 1 aromatic carbocycles. The summed E-state index contributed by atoms with van der Waals surface area (Å²) in [6.07, 6.45) is 6.12. The number of pyridine rings is 1. The molecular formula is C16H19N3O2. The van der Waals surface area contributed by atoms with Crippen LogP contribution in [0.5, 0.6) is 0 Å². The fraction of sp³-hybridized carbons (Fsp3) is 0.438. The molecule has 1 N–H and O–H groups in total. The summed E-state index contributed by atoms with van der Waals surface area (Å²) in [5.41, 5.74) is 1.74. The smallest absolute Gasteiger partial charge is 0.311 e. The predicted octanol–water partition coefficient (Wildman–Crippen LogP) is 4.14. The third kappa shape index (κ3) is 2.44. The number of nitrogens with zero attached hydrogens (tertiary/aromatic N) is 2. The van der Waals surface area contributed by atoms with Crippen LogP contribution in [0.2, 0.25) is 0 Å². The number of benzene rings is 1. The lowest BCUT2D eigenvalue weighted by atomic mass is 9.67. The summed E-state index contributed by atoms with van der Waals surface area (Å²) in [6, 6.07) is 7.54. The van der Waals surface area contributed by atoms with Gasteiger partial charge in [0, 0.05) is 11.9 Å². The molecule has 0 radical (unpaired) electrons. The number of nitro groups is 1. The molecule has 0 atom stereocenters. The van der Waals surface area contributed by atoms with Crippen molar-refractivity contribution in [2.24, 2.45) is 5.41 Å². The number of aromatic nitrogens is 1. The van der Waals surface area contributed by atoms with E-state index in [1.54, 1.807) is 0 Å². The van der Waals surface area contributed by atoms with Gasteiger partial charge in [0.05, 0.1) is 10.4 Å². The van der Waals surface area contributed by atoms with Crippen LogP contribution in [0.25, 0.3) is 10.9 Å². The Kier molecular flexibility index (Phi) is 3.49. The predicted molar refractivity (Wildman–Crippen MR) is 83.5 cm³/mol. The van der Waals surface area contributed by atoms with Crippen LogP contribution in [0, 0.1) is 15.5 Å². The molecule has 1 fully saturated rings. The van der Waals surface area contributed by atoms with Crippen LogP contribution in [0.1, 0.15) is 32.6 Å². The van der Waals surface area contributed by atoms with Crippen LogP contribution >= 0.6 is 0 Å². The molecule has 5 nitrogen and oxygen atoms in total. The Morgan fingerprint density at radius 2 is 2.14 bits per heavy atom. The molecule has 0 saturated heterocycles. The Hall–Kier alpha value is -2.17. The molecule has 1 aromatic heterocycles. The zero-order valence-corrected chi connectivity index (χ0v) is 12.1. The Labute approximate surface area is 123 Å². The molecule has 0 amide bonds. The van der Waals surface area contributed by atoms with Crippen LogP contribution < -0.4 is 5.32 Å². The van der Waals surface area contributed by atoms with Crippen molar-refractivity contribution in [1.29, 1.82) is 0 Å². The van der Waals surface area contributed by atoms with Gasteiger partial charge >= 0.3 is 5.69 Å². The first-order chi connectivity index (χ1) is 10.2. The maximum Gasteiger partial charge on any atom is 0.311 e. The lowest BCUT2D eigenvalue weighted by Crippen LogP contribution is -2.36. The van der Waals surface area contributed by atoms with Gasteiger partial charge in [-0.05, 0) is 30.7 Å². The topological polar surface area (TPSA) is 68.1 Å². The monoisotopic (exact) mass is 285 g/mol. The largest absolute Gasteiger partial charge is 0.378 e. The van der Waals surface area contributed by atoms with Gasteiger partial charge in [0.15, 0.2) is 0 Å². The molecule has 0 aliphatic heterocycles. The van der Waals surface area contributed by atoms with E-state index in [2.05, 4.69) is 17.2 Å². The zero-order chi connectivity index (χ0) is 14.9. The average Bonchev–Trinajstić information content (AvgIpc) is 2.46. The van der Waals surface area contributed by atoms with Gasteiger partial charge in [-0.15, -0.1) is 0 Å². The maximum atomic E-state index is 11.3. The van der Waals surface area contributed by atoms with Crippen molar-refractivity contribution >= 4 is 22.3 Å². The molecule has 0 bridgehead atoms. The van der Waals surface area contributed by atoms with Crippen LogP contribution in [-0.4, -0.2) is 16.5 Å². The fourth-order valence-electron chi connectivity index (χ4n) is 3.06. The molecule has 5 heteroatoms. The minimum Gasteiger partial charge on any atom is -0.378 e. The molecule has 21 heavy (non-hydrogen) atoms. The highest BCUT2D eigenvalue weighted by Crippen LogP contribution is 2.44. The van der Waals surface area contributed by atoms with E-state index in [0.717, 1.165) is 23.9 Å². The van der Waals surface area contributed by atoms with E-state index < -0.39 is 0 Å². The molecule has 0 spiro atoms. The van der Waals surface area contributed by atoms with E-state index in [4.69, 9.17) is 0 Å². The number of hydrogen-bond acceptors (Lipinski definition) is 4. The first-order valence-corrected chi connectivity index (χ1v) is 7.41. The standard InChI is InChI=1S/C16H19N3O2/c1-2-16(8-5-9-16)11-18-15-12-6-3-4-7-13(12)17-10-14(15)19(20)21/h3-4,6-7,10H,2,5,8-9,11H2,1H3,(H,17,18). The highest BCUT2D eigenvalue weighted by Gasteiger charge is 2.35. The minimum absolute atomic E-state index is 0.0549. The lowest BCUT2D eigenvalue weighted by molar-refractivity contribution is -0.384. The van der Waals surface area contributed by atoms with Gasteiger partial charge in [0.25, 0.3) is 0 Å². The van der Waals surface area contributed by atoms with Crippen molar-refractivity contribution in [1.82, 2.24) is 4.98 Å². The van der Waals surface area contributed by atoms with Crippen molar-refractivity contribution in [3.63, 3.8) is 0 Å². The summed E-state index contributed by atoms with van der Waals surface area (Å²) in [5, 5.41) is 15.4. The highest BCUT2D eigenvalue weighted by molar-refractivity contribution is 5.95. The molecule has 0 unspecified atom stereocenters. The van der Waals surface area contributed by atoms with Gasteiger partial charge in [-0.2, -0.15) is 0 Å². The van der Waals surface area contributed by atoms with Crippen molar-refractivity contribution in [3.05, 3.63) is 40.6 Å². The van der Waals surface area contributed by atoms with E-state index in [1.807, 2.05) is 24.3 Å². The van der Waals surface area contributed by atoms with E-state index in [1.165, 1.54) is 25.5 Å². The number of anilines is 1. The second kappa shape index (κ2) is 5.31. The van der Waals surface area contributed by atoms with E-state index in [-0.39, 0.29) is 10.6 Å². The number of rotatable bonds is 5. The van der Waals surface area contributed by atoms with Crippen LogP contribution in [0.15, 0.2) is 30.5 Å². The third-order valence-corrected chi connectivity index (χ3v) is 4.76. The van der Waals surface area contributed by atoms with Crippen LogP contribution in [-0.2, 0) is 0 Å². The molecule has 1 heterocycles. The highest BCUT2D eigenvalue weighted by atomic mass is 16.6. The molecular weight excluding hydrogens is 266 g/mol. The summed E-state index contributed by atoms with van der Waals surface area (Å²) in [7, 11) is 0. The number of hydrogen-bond donors (Lipinski definition) is 1. The number of nitrogens with one attached hydrogen (secondary N) is 1. The Morgan fingerprint density at radius 3 is 2.76 bits per heavy atom. The van der Waals surface area contributed by atoms with Crippen molar-refractivity contribution < 1.29 is 4.92 Å². The first kappa shape index (κ1) is 13.8. The van der Waals surface area contributed by atoms with Crippen LogP contribution in [0.3, 0.4) is 0 Å². The van der Waals surface area contributed by atoms with E-state index in [9.17, 15) is 10.1 Å². The summed E-state index contributed by atoms with van der Waals surface area (Å²) < 4.78 is 0. The first-order valence-electron chi connectivity index (χ1n) is 7.41. The summed E-state index contributed by atoms with van der Waals surface area (Å²) in [4.78, 5) is 15.1. The molecule has 3 rings (SSSR count). The Bertz CT molecular complexity index is 675. The minimum atomic E-state index is -0.360. The second-order valence-electron chi connectivity index (χ2n) is 5.85. The summed E-state index contributed by atoms with van der Waals surface area (Å²) in [5.74, 6) is 0. The van der Waals surface area contributed by atoms with Gasteiger partial charge in [-0.3, -0.25) is 10.1 Å². The average molecular weight is 285 g/mol. The molecule has 110 valence electrons. The van der Waals surface area contributed by atoms with Gasteiger partial charge in [-0.1, -0.05) is 31.5 Å². The van der Waals surface area contributed by atoms with Gasteiger partial charge in [-0.25, -0.2) is 4.98 Å². The van der Waals surface area contributed by atoms with E-state index in [0.29, 0.717) is 11.1 Å². The molecule has 2 aromatic rings. The van der Waals surface area contributed by atoms with Gasteiger partial charge in [0.1, 0.15) is 11.9 Å².